The Hall–Kier alpha value is -1.56. The van der Waals surface area contributed by atoms with E-state index in [1.54, 1.807) is 5.56 Å². The zero-order valence-corrected chi connectivity index (χ0v) is 20.1. The zero-order chi connectivity index (χ0) is 21.5. The van der Waals surface area contributed by atoms with Gasteiger partial charge in [-0.05, 0) is 90.9 Å². The summed E-state index contributed by atoms with van der Waals surface area (Å²) < 4.78 is 0. The van der Waals surface area contributed by atoms with Gasteiger partial charge in [-0.25, -0.2) is 0 Å². The lowest BCUT2D eigenvalue weighted by Crippen LogP contribution is -2.25. The van der Waals surface area contributed by atoms with Gasteiger partial charge in [0.2, 0.25) is 0 Å². The van der Waals surface area contributed by atoms with Gasteiger partial charge in [-0.1, -0.05) is 101 Å². The van der Waals surface area contributed by atoms with Gasteiger partial charge in [0.05, 0.1) is 0 Å². The number of unbranched alkanes of at least 4 members (excludes halogenated alkanes) is 2. The molecule has 0 N–H and O–H groups in total. The molecule has 0 spiro atoms. The van der Waals surface area contributed by atoms with Gasteiger partial charge in [0.25, 0.3) is 0 Å². The van der Waals surface area contributed by atoms with Gasteiger partial charge in [0.15, 0.2) is 0 Å². The second-order valence-corrected chi connectivity index (χ2v) is 10.6. The standard InChI is InChI=1S/C31H44/c1-3-5-6-7-25-10-14-27(15-11-25)29-18-22-31(23-19-29)30-20-16-28(17-21-30)26-12-8-24(4-2)9-13-26/h8-9,12-13,16-17,20-21,25,27,29,31H,3-7,10-11,14-15,18-19,22-23H2,1-2H3/t25-,27-,29?,31?. The first-order valence-corrected chi connectivity index (χ1v) is 13.5. The Balaban J connectivity index is 1.24. The number of rotatable bonds is 8. The van der Waals surface area contributed by atoms with E-state index in [0.717, 1.165) is 30.1 Å². The van der Waals surface area contributed by atoms with Crippen LogP contribution in [0.15, 0.2) is 48.5 Å². The molecule has 31 heavy (non-hydrogen) atoms. The van der Waals surface area contributed by atoms with Gasteiger partial charge < -0.3 is 0 Å². The highest BCUT2D eigenvalue weighted by Gasteiger charge is 2.31. The minimum absolute atomic E-state index is 0.790. The molecule has 2 fully saturated rings. The fraction of sp³-hybridized carbons (Fsp3) is 0.613. The molecule has 0 radical (unpaired) electrons. The molecule has 4 rings (SSSR count). The van der Waals surface area contributed by atoms with Crippen molar-refractivity contribution in [3.8, 4) is 11.1 Å². The van der Waals surface area contributed by atoms with Crippen LogP contribution < -0.4 is 0 Å². The first kappa shape index (κ1) is 22.6. The monoisotopic (exact) mass is 416 g/mol. The first-order chi connectivity index (χ1) is 15.3. The molecule has 0 bridgehead atoms. The largest absolute Gasteiger partial charge is 0.0654 e. The maximum Gasteiger partial charge on any atom is -0.0162 e. The van der Waals surface area contributed by atoms with E-state index in [4.69, 9.17) is 0 Å². The Morgan fingerprint density at radius 3 is 1.71 bits per heavy atom. The van der Waals surface area contributed by atoms with Crippen molar-refractivity contribution in [2.24, 2.45) is 17.8 Å². The van der Waals surface area contributed by atoms with Gasteiger partial charge in [0, 0.05) is 0 Å². The van der Waals surface area contributed by atoms with E-state index >= 15 is 0 Å². The summed E-state index contributed by atoms with van der Waals surface area (Å²) in [6.45, 7) is 4.55. The maximum absolute atomic E-state index is 2.41. The highest BCUT2D eigenvalue weighted by Crippen LogP contribution is 2.44. The smallest absolute Gasteiger partial charge is 0.0162 e. The predicted molar refractivity (Wildman–Crippen MR) is 136 cm³/mol. The molecule has 2 saturated carbocycles. The van der Waals surface area contributed by atoms with Crippen LogP contribution in [-0.2, 0) is 6.42 Å². The van der Waals surface area contributed by atoms with E-state index in [1.165, 1.54) is 93.7 Å². The van der Waals surface area contributed by atoms with Gasteiger partial charge in [-0.3, -0.25) is 0 Å². The summed E-state index contributed by atoms with van der Waals surface area (Å²) in [5, 5.41) is 0. The molecule has 0 aliphatic heterocycles. The minimum Gasteiger partial charge on any atom is -0.0654 e. The molecular weight excluding hydrogens is 372 g/mol. The van der Waals surface area contributed by atoms with Crippen molar-refractivity contribution in [2.45, 2.75) is 103 Å². The van der Waals surface area contributed by atoms with Crippen LogP contribution in [0.1, 0.15) is 108 Å². The second kappa shape index (κ2) is 11.3. The van der Waals surface area contributed by atoms with Crippen LogP contribution in [0, 0.1) is 17.8 Å². The SMILES string of the molecule is CCCCC[C@H]1CC[C@H](C2CCC(c3ccc(-c4ccc(CC)cc4)cc3)CC2)CC1. The highest BCUT2D eigenvalue weighted by atomic mass is 14.4. The van der Waals surface area contributed by atoms with Crippen LogP contribution in [-0.4, -0.2) is 0 Å². The molecule has 0 unspecified atom stereocenters. The molecule has 0 saturated heterocycles. The number of hydrogen-bond acceptors (Lipinski definition) is 0. The van der Waals surface area contributed by atoms with E-state index in [1.807, 2.05) is 0 Å². The summed E-state index contributed by atoms with van der Waals surface area (Å²) in [5.41, 5.74) is 5.70. The van der Waals surface area contributed by atoms with Crippen LogP contribution >= 0.6 is 0 Å². The molecular formula is C31H44. The Morgan fingerprint density at radius 1 is 0.613 bits per heavy atom. The molecule has 2 aromatic carbocycles. The van der Waals surface area contributed by atoms with Crippen LogP contribution in [0.2, 0.25) is 0 Å². The molecule has 0 heterocycles. The Labute approximate surface area is 191 Å². The summed E-state index contributed by atoms with van der Waals surface area (Å²) in [4.78, 5) is 0. The third kappa shape index (κ3) is 6.03. The van der Waals surface area contributed by atoms with Crippen molar-refractivity contribution >= 4 is 0 Å². The lowest BCUT2D eigenvalue weighted by atomic mass is 9.68. The van der Waals surface area contributed by atoms with E-state index < -0.39 is 0 Å². The highest BCUT2D eigenvalue weighted by molar-refractivity contribution is 5.64. The molecule has 168 valence electrons. The summed E-state index contributed by atoms with van der Waals surface area (Å²) in [6.07, 6.45) is 18.8. The second-order valence-electron chi connectivity index (χ2n) is 10.6. The molecule has 2 aliphatic carbocycles. The zero-order valence-electron chi connectivity index (χ0n) is 20.1. The van der Waals surface area contributed by atoms with E-state index in [-0.39, 0.29) is 0 Å². The fourth-order valence-electron chi connectivity index (χ4n) is 6.44. The first-order valence-electron chi connectivity index (χ1n) is 13.5. The van der Waals surface area contributed by atoms with Crippen molar-refractivity contribution < 1.29 is 0 Å². The Bertz CT molecular complexity index is 753. The van der Waals surface area contributed by atoms with Crippen LogP contribution in [0.25, 0.3) is 11.1 Å². The van der Waals surface area contributed by atoms with Crippen molar-refractivity contribution in [2.75, 3.05) is 0 Å². The van der Waals surface area contributed by atoms with Crippen LogP contribution in [0.5, 0.6) is 0 Å². The quantitative estimate of drug-likeness (QED) is 0.376. The van der Waals surface area contributed by atoms with Crippen molar-refractivity contribution in [3.05, 3.63) is 59.7 Å². The van der Waals surface area contributed by atoms with Gasteiger partial charge in [-0.2, -0.15) is 0 Å². The van der Waals surface area contributed by atoms with Crippen LogP contribution in [0.3, 0.4) is 0 Å². The van der Waals surface area contributed by atoms with E-state index in [9.17, 15) is 0 Å². The third-order valence-corrected chi connectivity index (χ3v) is 8.62. The van der Waals surface area contributed by atoms with Crippen molar-refractivity contribution in [1.29, 1.82) is 0 Å². The van der Waals surface area contributed by atoms with Crippen molar-refractivity contribution in [3.63, 3.8) is 0 Å². The number of aryl methyl sites for hydroxylation is 1. The van der Waals surface area contributed by atoms with Gasteiger partial charge >= 0.3 is 0 Å². The van der Waals surface area contributed by atoms with Crippen LogP contribution in [0.4, 0.5) is 0 Å². The minimum atomic E-state index is 0.790. The number of hydrogen-bond donors (Lipinski definition) is 0. The third-order valence-electron chi connectivity index (χ3n) is 8.62. The molecule has 0 heteroatoms. The summed E-state index contributed by atoms with van der Waals surface area (Å²) in [6, 6.07) is 18.6. The van der Waals surface area contributed by atoms with E-state index in [0.29, 0.717) is 0 Å². The maximum atomic E-state index is 2.41. The average molecular weight is 417 g/mol. The summed E-state index contributed by atoms with van der Waals surface area (Å²) in [5.74, 6) is 3.90. The molecule has 2 aromatic rings. The Morgan fingerprint density at radius 2 is 1.16 bits per heavy atom. The summed E-state index contributed by atoms with van der Waals surface area (Å²) >= 11 is 0. The van der Waals surface area contributed by atoms with E-state index in [2.05, 4.69) is 62.4 Å². The molecule has 0 amide bonds. The number of benzene rings is 2. The van der Waals surface area contributed by atoms with Gasteiger partial charge in [-0.15, -0.1) is 0 Å². The molecule has 2 aliphatic rings. The lowest BCUT2D eigenvalue weighted by Gasteiger charge is -2.38. The Kier molecular flexibility index (Phi) is 8.28. The topological polar surface area (TPSA) is 0 Å². The normalized spacial score (nSPS) is 26.6. The average Bonchev–Trinajstić information content (AvgIpc) is 2.85. The van der Waals surface area contributed by atoms with Crippen molar-refractivity contribution in [1.82, 2.24) is 0 Å². The molecule has 0 nitrogen and oxygen atoms in total. The lowest BCUT2D eigenvalue weighted by molar-refractivity contribution is 0.155. The van der Waals surface area contributed by atoms with Gasteiger partial charge in [0.1, 0.15) is 0 Å². The molecule has 0 atom stereocenters. The summed E-state index contributed by atoms with van der Waals surface area (Å²) in [7, 11) is 0. The molecule has 0 aromatic heterocycles. The fourth-order valence-corrected chi connectivity index (χ4v) is 6.44. The predicted octanol–water partition coefficient (Wildman–Crippen LogP) is 9.58.